The Morgan fingerprint density at radius 2 is 1.93 bits per heavy atom. The first kappa shape index (κ1) is 21.6. The number of aryl methyl sites for hydroxylation is 2. The summed E-state index contributed by atoms with van der Waals surface area (Å²) < 4.78 is 19.0. The maximum atomic E-state index is 13.2. The van der Waals surface area contributed by atoms with E-state index in [0.29, 0.717) is 31.6 Å². The summed E-state index contributed by atoms with van der Waals surface area (Å²) in [6.45, 7) is 5.67. The summed E-state index contributed by atoms with van der Waals surface area (Å²) in [7, 11) is 0. The number of rotatable bonds is 6. The van der Waals surface area contributed by atoms with Crippen molar-refractivity contribution in [2.24, 2.45) is 0 Å². The van der Waals surface area contributed by atoms with Gasteiger partial charge in [-0.3, -0.25) is 9.69 Å². The number of carbonyl (C=O) groups is 1. The first-order valence-electron chi connectivity index (χ1n) is 9.64. The Balaban J connectivity index is 1.45. The molecule has 29 heavy (non-hydrogen) atoms. The number of benzene rings is 2. The third kappa shape index (κ3) is 5.92. The van der Waals surface area contributed by atoms with E-state index in [1.165, 1.54) is 23.8 Å². The van der Waals surface area contributed by atoms with Crippen LogP contribution in [0.15, 0.2) is 36.4 Å². The Hall–Kier alpha value is -2.15. The summed E-state index contributed by atoms with van der Waals surface area (Å²) in [4.78, 5) is 14.2. The Morgan fingerprint density at radius 3 is 2.59 bits per heavy atom. The second kappa shape index (κ2) is 9.11. The molecule has 0 bridgehead atoms. The third-order valence-electron chi connectivity index (χ3n) is 5.34. The van der Waals surface area contributed by atoms with Crippen LogP contribution < -0.4 is 10.1 Å². The van der Waals surface area contributed by atoms with Gasteiger partial charge >= 0.3 is 0 Å². The van der Waals surface area contributed by atoms with Crippen molar-refractivity contribution in [2.45, 2.75) is 32.3 Å². The van der Waals surface area contributed by atoms with E-state index in [2.05, 4.69) is 5.32 Å². The van der Waals surface area contributed by atoms with Gasteiger partial charge in [0.2, 0.25) is 5.91 Å². The molecule has 3 rings (SSSR count). The Labute approximate surface area is 175 Å². The topological polar surface area (TPSA) is 61.8 Å². The fraction of sp³-hybridized carbons (Fsp3) is 0.409. The molecule has 0 spiro atoms. The van der Waals surface area contributed by atoms with Gasteiger partial charge in [-0.1, -0.05) is 17.7 Å². The number of nitrogens with one attached hydrogen (secondary N) is 1. The number of amides is 1. The molecule has 5 nitrogen and oxygen atoms in total. The van der Waals surface area contributed by atoms with Crippen molar-refractivity contribution in [2.75, 3.05) is 31.6 Å². The Bertz CT molecular complexity index is 882. The standard InChI is InChI=1S/C22H26ClFN2O3/c1-15-3-5-18(11-16(15)2)29-14-22(28)7-9-26(10-8-22)13-21(27)25-17-4-6-20(24)19(23)12-17/h3-6,11-12,28H,7-10,13-14H2,1-2H3,(H,25,27). The summed E-state index contributed by atoms with van der Waals surface area (Å²) in [6, 6.07) is 9.96. The van der Waals surface area contributed by atoms with Gasteiger partial charge in [0.15, 0.2) is 0 Å². The number of anilines is 1. The molecular formula is C22H26ClFN2O3. The number of halogens is 2. The molecule has 1 amide bonds. The number of hydrogen-bond donors (Lipinski definition) is 2. The van der Waals surface area contributed by atoms with E-state index in [1.54, 1.807) is 0 Å². The highest BCUT2D eigenvalue weighted by atomic mass is 35.5. The van der Waals surface area contributed by atoms with Crippen LogP contribution in [0.25, 0.3) is 0 Å². The molecule has 0 aliphatic carbocycles. The van der Waals surface area contributed by atoms with Crippen LogP contribution in [-0.2, 0) is 4.79 Å². The van der Waals surface area contributed by atoms with Gasteiger partial charge in [-0.2, -0.15) is 0 Å². The smallest absolute Gasteiger partial charge is 0.238 e. The van der Waals surface area contributed by atoms with E-state index < -0.39 is 11.4 Å². The molecule has 1 fully saturated rings. The van der Waals surface area contributed by atoms with Gasteiger partial charge in [0, 0.05) is 18.8 Å². The third-order valence-corrected chi connectivity index (χ3v) is 5.63. The molecule has 0 radical (unpaired) electrons. The van der Waals surface area contributed by atoms with Crippen molar-refractivity contribution in [3.63, 3.8) is 0 Å². The van der Waals surface area contributed by atoms with Gasteiger partial charge in [-0.05, 0) is 68.1 Å². The average Bonchev–Trinajstić information content (AvgIpc) is 2.68. The fourth-order valence-corrected chi connectivity index (χ4v) is 3.45. The minimum atomic E-state index is -0.906. The minimum absolute atomic E-state index is 0.0328. The molecule has 0 atom stereocenters. The normalized spacial score (nSPS) is 16.4. The lowest BCUT2D eigenvalue weighted by Gasteiger charge is -2.37. The first-order valence-corrected chi connectivity index (χ1v) is 10.0. The molecule has 1 saturated heterocycles. The lowest BCUT2D eigenvalue weighted by molar-refractivity contribution is -0.119. The molecule has 2 N–H and O–H groups in total. The maximum absolute atomic E-state index is 13.2. The van der Waals surface area contributed by atoms with Gasteiger partial charge in [0.05, 0.1) is 11.6 Å². The summed E-state index contributed by atoms with van der Waals surface area (Å²) >= 11 is 5.73. The molecule has 156 valence electrons. The number of nitrogens with zero attached hydrogens (tertiary/aromatic N) is 1. The molecule has 2 aromatic carbocycles. The molecule has 1 aliphatic rings. The molecule has 1 aliphatic heterocycles. The number of carbonyl (C=O) groups excluding carboxylic acids is 1. The largest absolute Gasteiger partial charge is 0.491 e. The second-order valence-corrected chi connectivity index (χ2v) is 8.12. The zero-order chi connectivity index (χ0) is 21.0. The van der Waals surface area contributed by atoms with Crippen LogP contribution in [-0.4, -0.2) is 47.8 Å². The van der Waals surface area contributed by atoms with Gasteiger partial charge in [-0.25, -0.2) is 4.39 Å². The van der Waals surface area contributed by atoms with Crippen LogP contribution in [0.1, 0.15) is 24.0 Å². The van der Waals surface area contributed by atoms with Crippen LogP contribution >= 0.6 is 11.6 Å². The highest BCUT2D eigenvalue weighted by Crippen LogP contribution is 2.25. The number of aliphatic hydroxyl groups is 1. The molecule has 2 aromatic rings. The van der Waals surface area contributed by atoms with Gasteiger partial charge in [-0.15, -0.1) is 0 Å². The highest BCUT2D eigenvalue weighted by molar-refractivity contribution is 6.31. The predicted molar refractivity (Wildman–Crippen MR) is 112 cm³/mol. The predicted octanol–water partition coefficient (Wildman–Crippen LogP) is 3.94. The van der Waals surface area contributed by atoms with Gasteiger partial charge < -0.3 is 15.2 Å². The zero-order valence-electron chi connectivity index (χ0n) is 16.7. The Morgan fingerprint density at radius 1 is 1.21 bits per heavy atom. The van der Waals surface area contributed by atoms with Crippen LogP contribution in [0.5, 0.6) is 5.75 Å². The lowest BCUT2D eigenvalue weighted by Crippen LogP contribution is -2.49. The summed E-state index contributed by atoms with van der Waals surface area (Å²) in [5.41, 5.74) is 1.90. The van der Waals surface area contributed by atoms with Crippen molar-refractivity contribution >= 4 is 23.2 Å². The maximum Gasteiger partial charge on any atom is 0.238 e. The lowest BCUT2D eigenvalue weighted by atomic mass is 9.92. The molecule has 1 heterocycles. The van der Waals surface area contributed by atoms with Crippen molar-refractivity contribution < 1.29 is 19.0 Å². The SMILES string of the molecule is Cc1ccc(OCC2(O)CCN(CC(=O)Nc3ccc(F)c(Cl)c3)CC2)cc1C. The van der Waals surface area contributed by atoms with Crippen LogP contribution in [0, 0.1) is 19.7 Å². The van der Waals surface area contributed by atoms with Crippen LogP contribution in [0.4, 0.5) is 10.1 Å². The van der Waals surface area contributed by atoms with E-state index in [9.17, 15) is 14.3 Å². The Kier molecular flexibility index (Phi) is 6.77. The van der Waals surface area contributed by atoms with Gasteiger partial charge in [0.25, 0.3) is 0 Å². The van der Waals surface area contributed by atoms with E-state index in [0.717, 1.165) is 11.3 Å². The van der Waals surface area contributed by atoms with E-state index in [-0.39, 0.29) is 24.1 Å². The summed E-state index contributed by atoms with van der Waals surface area (Å²) in [6.07, 6.45) is 1.04. The fourth-order valence-electron chi connectivity index (χ4n) is 3.27. The van der Waals surface area contributed by atoms with Crippen molar-refractivity contribution in [1.82, 2.24) is 4.90 Å². The number of ether oxygens (including phenoxy) is 1. The van der Waals surface area contributed by atoms with Gasteiger partial charge in [0.1, 0.15) is 23.8 Å². The molecule has 0 unspecified atom stereocenters. The van der Waals surface area contributed by atoms with E-state index in [4.69, 9.17) is 16.3 Å². The number of hydrogen-bond acceptors (Lipinski definition) is 4. The van der Waals surface area contributed by atoms with E-state index in [1.807, 2.05) is 36.9 Å². The second-order valence-electron chi connectivity index (χ2n) is 7.71. The minimum Gasteiger partial charge on any atom is -0.491 e. The summed E-state index contributed by atoms with van der Waals surface area (Å²) in [5, 5.41) is 13.5. The molecular weight excluding hydrogens is 395 g/mol. The molecule has 7 heteroatoms. The van der Waals surface area contributed by atoms with Crippen molar-refractivity contribution in [3.8, 4) is 5.75 Å². The summed E-state index contributed by atoms with van der Waals surface area (Å²) in [5.74, 6) is 0.0220. The van der Waals surface area contributed by atoms with E-state index >= 15 is 0 Å². The average molecular weight is 421 g/mol. The number of likely N-dealkylation sites (tertiary alicyclic amines) is 1. The number of piperidine rings is 1. The van der Waals surface area contributed by atoms with Crippen LogP contribution in [0.3, 0.4) is 0 Å². The quantitative estimate of drug-likeness (QED) is 0.743. The zero-order valence-corrected chi connectivity index (χ0v) is 17.4. The van der Waals surface area contributed by atoms with Crippen molar-refractivity contribution in [1.29, 1.82) is 0 Å². The monoisotopic (exact) mass is 420 g/mol. The highest BCUT2D eigenvalue weighted by Gasteiger charge is 2.33. The molecule has 0 aromatic heterocycles. The van der Waals surface area contributed by atoms with Crippen LogP contribution in [0.2, 0.25) is 5.02 Å². The first-order chi connectivity index (χ1) is 13.7. The molecule has 0 saturated carbocycles. The van der Waals surface area contributed by atoms with Crippen molar-refractivity contribution in [3.05, 3.63) is 58.4 Å².